The molecule has 54 heavy (non-hydrogen) atoms. The predicted molar refractivity (Wildman–Crippen MR) is 238 cm³/mol. The van der Waals surface area contributed by atoms with Gasteiger partial charge in [-0.2, -0.15) is 0 Å². The van der Waals surface area contributed by atoms with Gasteiger partial charge in [0.1, 0.15) is 0 Å². The minimum atomic E-state index is -0.898. The van der Waals surface area contributed by atoms with Gasteiger partial charge in [-0.3, -0.25) is 4.79 Å². The number of hydrogen-bond acceptors (Lipinski definition) is 3. The lowest BCUT2D eigenvalue weighted by molar-refractivity contribution is -0.123. The van der Waals surface area contributed by atoms with E-state index in [1.807, 2.05) is 13.0 Å². The van der Waals surface area contributed by atoms with Crippen LogP contribution in [0.1, 0.15) is 129 Å². The molecule has 0 heterocycles. The van der Waals surface area contributed by atoms with Gasteiger partial charge in [0.2, 0.25) is 5.91 Å². The van der Waals surface area contributed by atoms with Crippen molar-refractivity contribution in [3.05, 3.63) is 158 Å². The number of allylic oxidation sites excluding steroid dienone is 25. The Labute approximate surface area is 331 Å². The first-order valence-corrected chi connectivity index (χ1v) is 20.7. The zero-order chi connectivity index (χ0) is 39.3. The average molecular weight is 738 g/mol. The smallest absolute Gasteiger partial charge is 0.220 e. The third-order valence-electron chi connectivity index (χ3n) is 8.07. The van der Waals surface area contributed by atoms with Crippen LogP contribution in [0.4, 0.5) is 0 Å². The van der Waals surface area contributed by atoms with Crippen LogP contribution in [0.2, 0.25) is 0 Å². The lowest BCUT2D eigenvalue weighted by Gasteiger charge is -2.19. The second-order valence-electron chi connectivity index (χ2n) is 13.0. The van der Waals surface area contributed by atoms with Gasteiger partial charge in [0.15, 0.2) is 0 Å². The molecule has 4 heteroatoms. The molecule has 3 N–H and O–H groups in total. The normalized spacial score (nSPS) is 14.7. The molecule has 1 amide bonds. The summed E-state index contributed by atoms with van der Waals surface area (Å²) < 4.78 is 0. The highest BCUT2D eigenvalue weighted by molar-refractivity contribution is 5.76. The van der Waals surface area contributed by atoms with E-state index in [9.17, 15) is 15.0 Å². The van der Waals surface area contributed by atoms with Crippen LogP contribution in [-0.2, 0) is 4.79 Å². The number of rotatable bonds is 34. The molecule has 2 atom stereocenters. The number of carbonyl (C=O) groups is 1. The maximum absolute atomic E-state index is 12.3. The molecule has 0 aromatic rings. The van der Waals surface area contributed by atoms with E-state index < -0.39 is 12.1 Å². The summed E-state index contributed by atoms with van der Waals surface area (Å²) in [5.74, 6) is -0.133. The lowest BCUT2D eigenvalue weighted by Crippen LogP contribution is -2.45. The van der Waals surface area contributed by atoms with E-state index in [2.05, 4.69) is 158 Å². The fourth-order valence-electron chi connectivity index (χ4n) is 4.95. The molecule has 0 aromatic carbocycles. The van der Waals surface area contributed by atoms with Crippen molar-refractivity contribution >= 4 is 5.91 Å². The third-order valence-corrected chi connectivity index (χ3v) is 8.07. The molecule has 0 spiro atoms. The van der Waals surface area contributed by atoms with Crippen molar-refractivity contribution in [2.24, 2.45) is 0 Å². The first-order valence-electron chi connectivity index (χ1n) is 20.7. The number of hydrogen-bond donors (Lipinski definition) is 3. The van der Waals surface area contributed by atoms with E-state index in [-0.39, 0.29) is 12.5 Å². The van der Waals surface area contributed by atoms with Crippen molar-refractivity contribution in [2.45, 2.75) is 142 Å². The molecule has 4 nitrogen and oxygen atoms in total. The summed E-state index contributed by atoms with van der Waals surface area (Å²) in [5.41, 5.74) is 0. The molecule has 0 aliphatic rings. The van der Waals surface area contributed by atoms with Crippen LogP contribution < -0.4 is 5.32 Å². The van der Waals surface area contributed by atoms with E-state index in [0.29, 0.717) is 6.42 Å². The zero-order valence-corrected chi connectivity index (χ0v) is 33.9. The predicted octanol–water partition coefficient (Wildman–Crippen LogP) is 13.1. The van der Waals surface area contributed by atoms with E-state index in [1.54, 1.807) is 6.08 Å². The van der Waals surface area contributed by atoms with Crippen molar-refractivity contribution in [3.63, 3.8) is 0 Å². The van der Waals surface area contributed by atoms with E-state index in [0.717, 1.165) is 109 Å². The Morgan fingerprint density at radius 2 is 0.833 bits per heavy atom. The highest BCUT2D eigenvalue weighted by Crippen LogP contribution is 2.05. The largest absolute Gasteiger partial charge is 0.394 e. The summed E-state index contributed by atoms with van der Waals surface area (Å²) in [6.07, 6.45) is 72.2. The number of carbonyl (C=O) groups excluding carboxylic acids is 1. The zero-order valence-electron chi connectivity index (χ0n) is 33.9. The Hall–Kier alpha value is -3.99. The molecule has 298 valence electrons. The van der Waals surface area contributed by atoms with E-state index in [4.69, 9.17) is 0 Å². The van der Waals surface area contributed by atoms with Gasteiger partial charge in [0.25, 0.3) is 0 Å². The van der Waals surface area contributed by atoms with Crippen molar-refractivity contribution in [1.29, 1.82) is 0 Å². The fraction of sp³-hybridized carbons (Fsp3) is 0.460. The van der Waals surface area contributed by atoms with E-state index >= 15 is 0 Å². The van der Waals surface area contributed by atoms with Gasteiger partial charge in [-0.25, -0.2) is 0 Å². The Bertz CT molecular complexity index is 1250. The van der Waals surface area contributed by atoms with Gasteiger partial charge in [0, 0.05) is 6.42 Å². The van der Waals surface area contributed by atoms with Gasteiger partial charge < -0.3 is 15.5 Å². The summed E-state index contributed by atoms with van der Waals surface area (Å²) >= 11 is 0. The minimum absolute atomic E-state index is 0.133. The standard InChI is InChI=1S/C50H75NO3/c1-3-5-7-9-11-13-14-15-16-17-18-19-20-21-22-23-24-25-26-27-28-29-30-31-32-33-34-35-36-38-40-42-44-46-50(54)51-48(47-52)49(53)45-43-41-39-37-12-10-8-6-4-2/h4-7,11-13,15-16,18-19,21-22,24-25,27-28,30-31,33-34,36-38,43,45,48-49,52-53H,3,8-10,14,17,20,23,26,29,32,35,39-42,44,46-47H2,1-2H3,(H,51,54)/b6-4+,7-5-,13-11-,16-15-,19-18-,22-21-,25-24-,28-27-,31-30-,34-33-,37-12+,38-36-,45-43+. The number of nitrogens with one attached hydrogen (secondary N) is 1. The molecule has 0 aliphatic heterocycles. The molecule has 0 fully saturated rings. The Kier molecular flexibility index (Phi) is 40.2. The Morgan fingerprint density at radius 1 is 0.481 bits per heavy atom. The number of unbranched alkanes of at least 4 members (excludes halogenated alkanes) is 4. The van der Waals surface area contributed by atoms with Crippen LogP contribution in [0.3, 0.4) is 0 Å². The maximum Gasteiger partial charge on any atom is 0.220 e. The van der Waals surface area contributed by atoms with Crippen molar-refractivity contribution in [3.8, 4) is 0 Å². The second kappa shape index (κ2) is 43.4. The third kappa shape index (κ3) is 39.2. The average Bonchev–Trinajstić information content (AvgIpc) is 3.18. The van der Waals surface area contributed by atoms with Gasteiger partial charge in [-0.1, -0.05) is 165 Å². The second-order valence-corrected chi connectivity index (χ2v) is 13.0. The van der Waals surface area contributed by atoms with Gasteiger partial charge in [-0.05, 0) is 116 Å². The van der Waals surface area contributed by atoms with Crippen LogP contribution in [0.15, 0.2) is 158 Å². The monoisotopic (exact) mass is 738 g/mol. The molecular weight excluding hydrogens is 663 g/mol. The Morgan fingerprint density at radius 3 is 1.22 bits per heavy atom. The molecule has 0 aliphatic carbocycles. The molecular formula is C50H75NO3. The highest BCUT2D eigenvalue weighted by atomic mass is 16.3. The first-order chi connectivity index (χ1) is 26.7. The number of aliphatic hydroxyl groups is 2. The SMILES string of the molecule is C/C=C/CC/C=C/CC/C=C/C(O)C(CO)NC(=O)CCCC/C=C\C/C=C\C/C=C\C/C=C\C/C=C\C/C=C\C/C=C\C/C=C\C/C=C\C/C=C\CC. The lowest BCUT2D eigenvalue weighted by atomic mass is 10.1. The van der Waals surface area contributed by atoms with Crippen molar-refractivity contribution in [1.82, 2.24) is 5.32 Å². The Balaban J connectivity index is 3.80. The van der Waals surface area contributed by atoms with Crippen LogP contribution in [0.5, 0.6) is 0 Å². The van der Waals surface area contributed by atoms with Gasteiger partial charge in [0.05, 0.1) is 18.8 Å². The summed E-state index contributed by atoms with van der Waals surface area (Å²) in [4.78, 5) is 12.3. The summed E-state index contributed by atoms with van der Waals surface area (Å²) in [6, 6.07) is -0.679. The summed E-state index contributed by atoms with van der Waals surface area (Å²) in [7, 11) is 0. The highest BCUT2D eigenvalue weighted by Gasteiger charge is 2.17. The van der Waals surface area contributed by atoms with Crippen LogP contribution >= 0.6 is 0 Å². The molecule has 0 saturated heterocycles. The molecule has 0 bridgehead atoms. The molecule has 0 rings (SSSR count). The molecule has 0 aromatic heterocycles. The molecule has 2 unspecified atom stereocenters. The molecule has 0 saturated carbocycles. The van der Waals surface area contributed by atoms with Gasteiger partial charge in [-0.15, -0.1) is 0 Å². The van der Waals surface area contributed by atoms with Crippen LogP contribution in [0.25, 0.3) is 0 Å². The summed E-state index contributed by atoms with van der Waals surface area (Å²) in [5, 5.41) is 22.7. The summed E-state index contributed by atoms with van der Waals surface area (Å²) in [6.45, 7) is 3.89. The quantitative estimate of drug-likeness (QED) is 0.0455. The van der Waals surface area contributed by atoms with Crippen LogP contribution in [0, 0.1) is 0 Å². The molecule has 0 radical (unpaired) electrons. The topological polar surface area (TPSA) is 69.6 Å². The maximum atomic E-state index is 12.3. The van der Waals surface area contributed by atoms with Gasteiger partial charge >= 0.3 is 0 Å². The van der Waals surface area contributed by atoms with Crippen molar-refractivity contribution in [2.75, 3.05) is 6.61 Å². The minimum Gasteiger partial charge on any atom is -0.394 e. The first kappa shape index (κ1) is 50.0. The fourth-order valence-corrected chi connectivity index (χ4v) is 4.95. The van der Waals surface area contributed by atoms with Crippen molar-refractivity contribution < 1.29 is 15.0 Å². The number of amides is 1. The van der Waals surface area contributed by atoms with Crippen LogP contribution in [-0.4, -0.2) is 34.9 Å². The number of aliphatic hydroxyl groups excluding tert-OH is 2. The van der Waals surface area contributed by atoms with E-state index in [1.165, 1.54) is 0 Å².